The Kier molecular flexibility index (Phi) is 9.23. The van der Waals surface area contributed by atoms with Gasteiger partial charge in [-0.05, 0) is 65.4 Å². The SMILES string of the molecule is COC(=O)N(NC(=O)c1cc(Cl)cc(C)c1NC(=O)c1cc(I)c(Cl)n1-c1ncccc1Cl)C(=O)OC. The topological polar surface area (TPSA) is 132 Å². The van der Waals surface area contributed by atoms with E-state index < -0.39 is 24.0 Å². The van der Waals surface area contributed by atoms with E-state index in [1.165, 1.54) is 29.0 Å². The van der Waals surface area contributed by atoms with Crippen molar-refractivity contribution in [3.63, 3.8) is 0 Å². The highest BCUT2D eigenvalue weighted by Crippen LogP contribution is 2.31. The molecule has 2 aromatic heterocycles. The number of benzene rings is 1. The van der Waals surface area contributed by atoms with Crippen LogP contribution in [0.5, 0.6) is 0 Å². The number of anilines is 1. The van der Waals surface area contributed by atoms with Crippen molar-refractivity contribution in [1.29, 1.82) is 0 Å². The zero-order chi connectivity index (χ0) is 27.4. The van der Waals surface area contributed by atoms with E-state index in [0.29, 0.717) is 9.13 Å². The number of pyridine rings is 1. The van der Waals surface area contributed by atoms with E-state index in [0.717, 1.165) is 14.2 Å². The summed E-state index contributed by atoms with van der Waals surface area (Å²) in [6.07, 6.45) is -0.927. The highest BCUT2D eigenvalue weighted by Gasteiger charge is 2.29. The molecule has 0 radical (unpaired) electrons. The van der Waals surface area contributed by atoms with Gasteiger partial charge in [-0.15, -0.1) is 5.01 Å². The third-order valence-corrected chi connectivity index (χ3v) is 6.82. The normalized spacial score (nSPS) is 10.5. The first-order valence-electron chi connectivity index (χ1n) is 10.1. The summed E-state index contributed by atoms with van der Waals surface area (Å²) in [4.78, 5) is 54.7. The fraction of sp³-hybridized carbons (Fsp3) is 0.136. The van der Waals surface area contributed by atoms with Gasteiger partial charge in [0.05, 0.1) is 34.1 Å². The molecule has 0 bridgehead atoms. The minimum atomic E-state index is -1.21. The molecule has 0 fully saturated rings. The van der Waals surface area contributed by atoms with Crippen LogP contribution < -0.4 is 10.7 Å². The fourth-order valence-electron chi connectivity index (χ4n) is 3.15. The molecule has 1 aromatic carbocycles. The van der Waals surface area contributed by atoms with Gasteiger partial charge in [0.15, 0.2) is 5.82 Å². The Balaban J connectivity index is 2.04. The van der Waals surface area contributed by atoms with Gasteiger partial charge in [0.2, 0.25) is 0 Å². The third kappa shape index (κ3) is 6.09. The lowest BCUT2D eigenvalue weighted by atomic mass is 10.1. The third-order valence-electron chi connectivity index (χ3n) is 4.79. The lowest BCUT2D eigenvalue weighted by Crippen LogP contribution is -2.50. The van der Waals surface area contributed by atoms with Gasteiger partial charge in [0.25, 0.3) is 11.8 Å². The van der Waals surface area contributed by atoms with Crippen molar-refractivity contribution in [1.82, 2.24) is 20.0 Å². The maximum Gasteiger partial charge on any atom is 0.438 e. The van der Waals surface area contributed by atoms with E-state index in [9.17, 15) is 19.2 Å². The second-order valence-corrected chi connectivity index (χ2v) is 9.49. The van der Waals surface area contributed by atoms with Crippen LogP contribution >= 0.6 is 57.4 Å². The van der Waals surface area contributed by atoms with Gasteiger partial charge in [-0.2, -0.15) is 0 Å². The monoisotopic (exact) mass is 679 g/mol. The molecule has 11 nitrogen and oxygen atoms in total. The number of amides is 4. The Morgan fingerprint density at radius 2 is 1.68 bits per heavy atom. The number of hydrogen-bond donors (Lipinski definition) is 2. The summed E-state index contributed by atoms with van der Waals surface area (Å²) in [5, 5.41) is 3.50. The molecule has 0 atom stereocenters. The van der Waals surface area contributed by atoms with Crippen molar-refractivity contribution >= 4 is 87.1 Å². The van der Waals surface area contributed by atoms with E-state index >= 15 is 0 Å². The Hall–Kier alpha value is -3.07. The molecule has 37 heavy (non-hydrogen) atoms. The zero-order valence-electron chi connectivity index (χ0n) is 19.3. The van der Waals surface area contributed by atoms with E-state index in [-0.39, 0.29) is 43.0 Å². The van der Waals surface area contributed by atoms with Crippen molar-refractivity contribution < 1.29 is 28.7 Å². The van der Waals surface area contributed by atoms with Gasteiger partial charge in [-0.3, -0.25) is 14.2 Å². The van der Waals surface area contributed by atoms with Crippen LogP contribution in [0.4, 0.5) is 15.3 Å². The zero-order valence-corrected chi connectivity index (χ0v) is 23.7. The molecule has 0 saturated heterocycles. The van der Waals surface area contributed by atoms with E-state index in [1.807, 2.05) is 22.6 Å². The van der Waals surface area contributed by atoms with Gasteiger partial charge >= 0.3 is 12.2 Å². The highest BCUT2D eigenvalue weighted by molar-refractivity contribution is 14.1. The fourth-order valence-corrected chi connectivity index (χ4v) is 4.39. The van der Waals surface area contributed by atoms with E-state index in [4.69, 9.17) is 34.8 Å². The number of nitrogens with one attached hydrogen (secondary N) is 2. The summed E-state index contributed by atoms with van der Waals surface area (Å²) in [6, 6.07) is 7.50. The molecule has 2 N–H and O–H groups in total. The van der Waals surface area contributed by atoms with E-state index in [2.05, 4.69) is 25.2 Å². The van der Waals surface area contributed by atoms with Crippen molar-refractivity contribution in [3.05, 3.63) is 72.1 Å². The quantitative estimate of drug-likeness (QED) is 0.276. The number of imide groups is 1. The van der Waals surface area contributed by atoms with Crippen LogP contribution in [0, 0.1) is 10.5 Å². The van der Waals surface area contributed by atoms with Crippen molar-refractivity contribution in [3.8, 4) is 5.82 Å². The minimum Gasteiger partial charge on any atom is -0.451 e. The molecule has 0 aliphatic heterocycles. The number of aromatic nitrogens is 2. The molecule has 3 rings (SSSR count). The summed E-state index contributed by atoms with van der Waals surface area (Å²) in [6.45, 7) is 1.60. The summed E-state index contributed by atoms with van der Waals surface area (Å²) in [5.41, 5.74) is 2.45. The van der Waals surface area contributed by atoms with Crippen LogP contribution in [0.15, 0.2) is 36.5 Å². The maximum absolute atomic E-state index is 13.4. The number of methoxy groups -OCH3 is 2. The van der Waals surface area contributed by atoms with Gasteiger partial charge in [0, 0.05) is 11.2 Å². The number of carbonyl (C=O) groups is 4. The number of halogens is 4. The molecule has 2 heterocycles. The first-order chi connectivity index (χ1) is 17.5. The van der Waals surface area contributed by atoms with Crippen LogP contribution in [-0.4, -0.2) is 52.8 Å². The van der Waals surface area contributed by atoms with Crippen molar-refractivity contribution in [2.24, 2.45) is 0 Å². The minimum absolute atomic E-state index is 0.0487. The summed E-state index contributed by atoms with van der Waals surface area (Å²) < 4.78 is 10.9. The molecule has 3 aromatic rings. The van der Waals surface area contributed by atoms with Gasteiger partial charge < -0.3 is 14.8 Å². The Morgan fingerprint density at radius 3 is 2.27 bits per heavy atom. The summed E-state index contributed by atoms with van der Waals surface area (Å²) >= 11 is 20.8. The predicted molar refractivity (Wildman–Crippen MR) is 145 cm³/mol. The van der Waals surface area contributed by atoms with Gasteiger partial charge in [0.1, 0.15) is 10.8 Å². The summed E-state index contributed by atoms with van der Waals surface area (Å²) in [7, 11) is 2.02. The maximum atomic E-state index is 13.4. The Morgan fingerprint density at radius 1 is 1.03 bits per heavy atom. The number of rotatable bonds is 4. The highest BCUT2D eigenvalue weighted by atomic mass is 127. The number of nitrogens with zero attached hydrogens (tertiary/aromatic N) is 3. The lowest BCUT2D eigenvalue weighted by Gasteiger charge is -2.20. The van der Waals surface area contributed by atoms with Crippen LogP contribution in [0.1, 0.15) is 26.4 Å². The molecule has 0 saturated carbocycles. The standard InChI is InChI=1S/C22H17Cl3IN5O6/c1-10-7-11(23)8-12(19(32)29-31(21(34)36-2)22(35)37-3)16(10)28-20(33)15-9-14(26)17(25)30(15)18-13(24)5-4-6-27-18/h4-9H,1-3H3,(H,28,33)(H,29,32). The molecule has 0 spiro atoms. The predicted octanol–water partition coefficient (Wildman–Crippen LogP) is 5.48. The van der Waals surface area contributed by atoms with Crippen LogP contribution in [0.25, 0.3) is 5.82 Å². The second-order valence-electron chi connectivity index (χ2n) is 7.13. The number of carbonyl (C=O) groups excluding carboxylic acids is 4. The van der Waals surface area contributed by atoms with Crippen molar-refractivity contribution in [2.45, 2.75) is 6.92 Å². The average molecular weight is 681 g/mol. The largest absolute Gasteiger partial charge is 0.451 e. The van der Waals surface area contributed by atoms with Gasteiger partial charge in [-0.25, -0.2) is 20.0 Å². The molecule has 0 aliphatic rings. The molecule has 0 aliphatic carbocycles. The molecule has 15 heteroatoms. The van der Waals surface area contributed by atoms with Crippen LogP contribution in [-0.2, 0) is 9.47 Å². The van der Waals surface area contributed by atoms with Crippen LogP contribution in [0.2, 0.25) is 15.2 Å². The smallest absolute Gasteiger partial charge is 0.438 e. The Bertz CT molecular complexity index is 1400. The van der Waals surface area contributed by atoms with Crippen LogP contribution in [0.3, 0.4) is 0 Å². The number of hydrazine groups is 1. The van der Waals surface area contributed by atoms with Crippen molar-refractivity contribution in [2.75, 3.05) is 19.5 Å². The number of ether oxygens (including phenoxy) is 2. The summed E-state index contributed by atoms with van der Waals surface area (Å²) in [5.74, 6) is -1.41. The molecular formula is C22H17Cl3IN5O6. The Labute approximate surface area is 239 Å². The molecule has 4 amide bonds. The molecule has 0 unspecified atom stereocenters. The van der Waals surface area contributed by atoms with E-state index in [1.54, 1.807) is 19.1 Å². The number of hydrogen-bond acceptors (Lipinski definition) is 7. The van der Waals surface area contributed by atoms with Gasteiger partial charge in [-0.1, -0.05) is 34.8 Å². The average Bonchev–Trinajstić information content (AvgIpc) is 3.17. The molecular weight excluding hydrogens is 664 g/mol. The first-order valence-corrected chi connectivity index (χ1v) is 12.3. The molecule has 194 valence electrons. The second kappa shape index (κ2) is 12.0. The lowest BCUT2D eigenvalue weighted by molar-refractivity contribution is 0.0636. The number of aryl methyl sites for hydroxylation is 1. The first kappa shape index (κ1) is 28.5.